The van der Waals surface area contributed by atoms with E-state index in [1.807, 2.05) is 0 Å². The Kier molecular flexibility index (Phi) is 5.11. The lowest BCUT2D eigenvalue weighted by Crippen LogP contribution is -2.14. The summed E-state index contributed by atoms with van der Waals surface area (Å²) in [5.41, 5.74) is -0.0550. The van der Waals surface area contributed by atoms with Crippen LogP contribution in [0.15, 0.2) is 59.8 Å². The van der Waals surface area contributed by atoms with Crippen LogP contribution in [0.1, 0.15) is 11.1 Å². The van der Waals surface area contributed by atoms with Gasteiger partial charge >= 0.3 is 0 Å². The van der Waals surface area contributed by atoms with Crippen molar-refractivity contribution in [2.45, 2.75) is 4.90 Å². The van der Waals surface area contributed by atoms with Crippen LogP contribution in [0.5, 0.6) is 0 Å². The fraction of sp³-hybridized carbons (Fsp3) is 0. The standard InChI is InChI=1S/C20H11ClF2N4O2S/c21-14-2-1-3-15(9-14)30(28,29)27-18-7-6-17(22)16(19(18)23)5-4-12-8-13-11-25-26-20(13)24-10-12/h1-3,6-11,27H,(H,24,25,26). The van der Waals surface area contributed by atoms with E-state index >= 15 is 0 Å². The van der Waals surface area contributed by atoms with Crippen LogP contribution in [0, 0.1) is 23.5 Å². The van der Waals surface area contributed by atoms with Crippen molar-refractivity contribution in [2.24, 2.45) is 0 Å². The Morgan fingerprint density at radius 3 is 2.70 bits per heavy atom. The molecule has 6 nitrogen and oxygen atoms in total. The van der Waals surface area contributed by atoms with Crippen molar-refractivity contribution in [3.05, 3.63) is 82.6 Å². The maximum atomic E-state index is 14.8. The molecule has 2 aromatic heterocycles. The van der Waals surface area contributed by atoms with Crippen molar-refractivity contribution in [1.82, 2.24) is 15.2 Å². The highest BCUT2D eigenvalue weighted by Gasteiger charge is 2.19. The van der Waals surface area contributed by atoms with Crippen molar-refractivity contribution < 1.29 is 17.2 Å². The van der Waals surface area contributed by atoms with Crippen molar-refractivity contribution >= 4 is 38.3 Å². The third-order valence-corrected chi connectivity index (χ3v) is 5.66. The fourth-order valence-corrected chi connectivity index (χ4v) is 3.98. The molecular weight excluding hydrogens is 434 g/mol. The predicted molar refractivity (Wildman–Crippen MR) is 108 cm³/mol. The lowest BCUT2D eigenvalue weighted by molar-refractivity contribution is 0.578. The van der Waals surface area contributed by atoms with Gasteiger partial charge < -0.3 is 0 Å². The predicted octanol–water partition coefficient (Wildman–Crippen LogP) is 4.09. The van der Waals surface area contributed by atoms with Gasteiger partial charge in [0.1, 0.15) is 5.82 Å². The number of nitrogens with zero attached hydrogens (tertiary/aromatic N) is 2. The molecule has 0 radical (unpaired) electrons. The first-order valence-electron chi connectivity index (χ1n) is 8.41. The van der Waals surface area contributed by atoms with Crippen LogP contribution in [0.2, 0.25) is 5.02 Å². The molecule has 0 amide bonds. The smallest absolute Gasteiger partial charge is 0.262 e. The molecule has 0 aliphatic rings. The first kappa shape index (κ1) is 19.8. The zero-order chi connectivity index (χ0) is 21.3. The number of anilines is 1. The largest absolute Gasteiger partial charge is 0.277 e. The number of H-pyrrole nitrogens is 1. The molecule has 10 heteroatoms. The molecule has 0 saturated carbocycles. The second-order valence-corrected chi connectivity index (χ2v) is 8.25. The van der Waals surface area contributed by atoms with Gasteiger partial charge in [0.05, 0.1) is 22.3 Å². The fourth-order valence-electron chi connectivity index (χ4n) is 2.62. The highest BCUT2D eigenvalue weighted by molar-refractivity contribution is 7.92. The van der Waals surface area contributed by atoms with Crippen molar-refractivity contribution in [3.8, 4) is 11.8 Å². The van der Waals surface area contributed by atoms with Gasteiger partial charge in [0, 0.05) is 22.2 Å². The number of aromatic amines is 1. The Hall–Kier alpha value is -3.48. The molecule has 0 unspecified atom stereocenters. The van der Waals surface area contributed by atoms with E-state index in [0.29, 0.717) is 16.6 Å². The molecule has 0 bridgehead atoms. The van der Waals surface area contributed by atoms with E-state index in [1.165, 1.54) is 30.5 Å². The molecule has 2 heterocycles. The Bertz CT molecular complexity index is 1440. The van der Waals surface area contributed by atoms with Crippen LogP contribution in [0.3, 0.4) is 0 Å². The topological polar surface area (TPSA) is 87.7 Å². The van der Waals surface area contributed by atoms with Gasteiger partial charge in [-0.1, -0.05) is 29.5 Å². The van der Waals surface area contributed by atoms with Crippen LogP contribution in [-0.4, -0.2) is 23.6 Å². The summed E-state index contributed by atoms with van der Waals surface area (Å²) in [7, 11) is -4.14. The lowest BCUT2D eigenvalue weighted by atomic mass is 10.1. The van der Waals surface area contributed by atoms with Crippen molar-refractivity contribution in [2.75, 3.05) is 4.72 Å². The minimum Gasteiger partial charge on any atom is -0.277 e. The van der Waals surface area contributed by atoms with Gasteiger partial charge in [0.15, 0.2) is 11.5 Å². The second kappa shape index (κ2) is 7.74. The van der Waals surface area contributed by atoms with Gasteiger partial charge in [-0.05, 0) is 36.4 Å². The summed E-state index contributed by atoms with van der Waals surface area (Å²) in [5.74, 6) is 2.97. The van der Waals surface area contributed by atoms with E-state index in [0.717, 1.165) is 12.1 Å². The van der Waals surface area contributed by atoms with Gasteiger partial charge in [-0.25, -0.2) is 22.2 Å². The monoisotopic (exact) mass is 444 g/mol. The molecule has 4 aromatic rings. The minimum absolute atomic E-state index is 0.161. The second-order valence-electron chi connectivity index (χ2n) is 6.13. The average molecular weight is 445 g/mol. The zero-order valence-corrected chi connectivity index (χ0v) is 16.5. The molecule has 0 spiro atoms. The quantitative estimate of drug-likeness (QED) is 0.466. The number of hydrogen-bond donors (Lipinski definition) is 2. The zero-order valence-electron chi connectivity index (χ0n) is 14.9. The summed E-state index contributed by atoms with van der Waals surface area (Å²) < 4.78 is 56.1. The average Bonchev–Trinajstić information content (AvgIpc) is 3.18. The maximum absolute atomic E-state index is 14.8. The highest BCUT2D eigenvalue weighted by Crippen LogP contribution is 2.24. The molecule has 0 atom stereocenters. The van der Waals surface area contributed by atoms with Crippen LogP contribution in [0.4, 0.5) is 14.5 Å². The summed E-state index contributed by atoms with van der Waals surface area (Å²) in [6.45, 7) is 0. The maximum Gasteiger partial charge on any atom is 0.262 e. The molecule has 4 rings (SSSR count). The number of rotatable bonds is 3. The third-order valence-electron chi connectivity index (χ3n) is 4.06. The van der Waals surface area contributed by atoms with Gasteiger partial charge in [0.2, 0.25) is 0 Å². The van der Waals surface area contributed by atoms with Crippen LogP contribution in [0.25, 0.3) is 11.0 Å². The van der Waals surface area contributed by atoms with Crippen molar-refractivity contribution in [3.63, 3.8) is 0 Å². The molecule has 30 heavy (non-hydrogen) atoms. The summed E-state index contributed by atoms with van der Waals surface area (Å²) in [5, 5.41) is 7.41. The summed E-state index contributed by atoms with van der Waals surface area (Å²) in [6.07, 6.45) is 2.97. The number of aromatic nitrogens is 3. The number of pyridine rings is 1. The van der Waals surface area contributed by atoms with Crippen LogP contribution >= 0.6 is 11.6 Å². The minimum atomic E-state index is -4.14. The van der Waals surface area contributed by atoms with E-state index in [-0.39, 0.29) is 9.92 Å². The molecular formula is C20H11ClF2N4O2S. The molecule has 2 N–H and O–H groups in total. The Balaban J connectivity index is 1.69. The SMILES string of the molecule is O=S(=O)(Nc1ccc(F)c(C#Cc2cnc3[nH]ncc3c2)c1F)c1cccc(Cl)c1. The van der Waals surface area contributed by atoms with E-state index in [9.17, 15) is 17.2 Å². The highest BCUT2D eigenvalue weighted by atomic mass is 35.5. The Labute approximate surface area is 175 Å². The van der Waals surface area contributed by atoms with E-state index < -0.39 is 32.9 Å². The van der Waals surface area contributed by atoms with Gasteiger partial charge in [-0.15, -0.1) is 0 Å². The third kappa shape index (κ3) is 3.96. The number of nitrogens with one attached hydrogen (secondary N) is 2. The van der Waals surface area contributed by atoms with Gasteiger partial charge in [0.25, 0.3) is 10.0 Å². The number of benzene rings is 2. The Morgan fingerprint density at radius 2 is 1.90 bits per heavy atom. The van der Waals surface area contributed by atoms with Gasteiger partial charge in [-0.3, -0.25) is 9.82 Å². The number of halogens is 3. The normalized spacial score (nSPS) is 11.2. The first-order valence-corrected chi connectivity index (χ1v) is 10.3. The molecule has 2 aromatic carbocycles. The molecule has 0 aliphatic heterocycles. The van der Waals surface area contributed by atoms with E-state index in [2.05, 4.69) is 31.7 Å². The molecule has 0 saturated heterocycles. The molecule has 150 valence electrons. The van der Waals surface area contributed by atoms with Gasteiger partial charge in [-0.2, -0.15) is 5.10 Å². The Morgan fingerprint density at radius 1 is 1.07 bits per heavy atom. The first-order chi connectivity index (χ1) is 14.3. The summed E-state index contributed by atoms with van der Waals surface area (Å²) in [6, 6.07) is 9.03. The number of hydrogen-bond acceptors (Lipinski definition) is 4. The van der Waals surface area contributed by atoms with Crippen molar-refractivity contribution in [1.29, 1.82) is 0 Å². The lowest BCUT2D eigenvalue weighted by Gasteiger charge is -2.10. The van der Waals surface area contributed by atoms with Crippen LogP contribution < -0.4 is 4.72 Å². The molecule has 0 fully saturated rings. The van der Waals surface area contributed by atoms with Crippen LogP contribution in [-0.2, 0) is 10.0 Å². The number of fused-ring (bicyclic) bond motifs is 1. The summed E-state index contributed by atoms with van der Waals surface area (Å²) in [4.78, 5) is 3.93. The summed E-state index contributed by atoms with van der Waals surface area (Å²) >= 11 is 5.81. The van der Waals surface area contributed by atoms with E-state index in [4.69, 9.17) is 11.6 Å². The molecule has 0 aliphatic carbocycles. The number of sulfonamides is 1. The van der Waals surface area contributed by atoms with E-state index in [1.54, 1.807) is 12.3 Å².